The van der Waals surface area contributed by atoms with Gasteiger partial charge >= 0.3 is 0 Å². The minimum Gasteiger partial charge on any atom is -0.378 e. The van der Waals surface area contributed by atoms with Crippen molar-refractivity contribution in [2.75, 3.05) is 23.7 Å². The van der Waals surface area contributed by atoms with E-state index in [4.69, 9.17) is 23.2 Å². The molecule has 2 aliphatic heterocycles. The molecule has 0 spiro atoms. The van der Waals surface area contributed by atoms with Crippen molar-refractivity contribution in [1.29, 1.82) is 0 Å². The van der Waals surface area contributed by atoms with Gasteiger partial charge < -0.3 is 30.6 Å². The lowest BCUT2D eigenvalue weighted by atomic mass is 10.1. The van der Waals surface area contributed by atoms with Crippen molar-refractivity contribution in [3.63, 3.8) is 0 Å². The standard InChI is InChI=1S/C41H38Cl2N6O6/c42-30-9-3-1-7-28(30)36(50)40(54)48-21-5-11-34(48)38(52)44-26-17-13-24(14-18-26)32-23-33(47-46-32)25-15-19-27(20-16-25)45-39(53)35-12-6-22-49(35)41(55)37(51)29-8-2-4-10-31(29)43/h1-4,7-10,13-20,23,34-37,50-51H,5-6,11-12,21-22H2,(H,44,52)(H,45,53)(H,46,47)/t34-,35?,36+,37+/m0/s1. The molecular weight excluding hydrogens is 743 g/mol. The molecule has 55 heavy (non-hydrogen) atoms. The van der Waals surface area contributed by atoms with Crippen molar-refractivity contribution in [1.82, 2.24) is 20.0 Å². The second kappa shape index (κ2) is 16.5. The zero-order chi connectivity index (χ0) is 38.6. The zero-order valence-corrected chi connectivity index (χ0v) is 31.0. The van der Waals surface area contributed by atoms with Gasteiger partial charge in [-0.25, -0.2) is 0 Å². The molecule has 282 valence electrons. The third-order valence-corrected chi connectivity index (χ3v) is 10.7. The largest absolute Gasteiger partial charge is 0.378 e. The number of likely N-dealkylation sites (tertiary alicyclic amines) is 2. The van der Waals surface area contributed by atoms with Gasteiger partial charge in [0.05, 0.1) is 11.4 Å². The van der Waals surface area contributed by atoms with Gasteiger partial charge in [-0.2, -0.15) is 5.10 Å². The SMILES string of the molecule is O=C(Nc1ccc(-c2cc(-c3ccc(NC(=O)[C@@H]4CCCN4C(=O)[C@H](O)c4ccccc4Cl)cc3)n[nH]2)cc1)C1CCCN1C(=O)[C@H](O)c1ccccc1Cl. The Morgan fingerprint density at radius 2 is 1.09 bits per heavy atom. The molecule has 2 saturated heterocycles. The maximum Gasteiger partial charge on any atom is 0.256 e. The molecule has 14 heteroatoms. The van der Waals surface area contributed by atoms with Crippen LogP contribution in [0.4, 0.5) is 11.4 Å². The number of carbonyl (C=O) groups excluding carboxylic acids is 4. The van der Waals surface area contributed by atoms with Crippen LogP contribution in [0.1, 0.15) is 49.0 Å². The summed E-state index contributed by atoms with van der Waals surface area (Å²) in [6, 6.07) is 28.0. The lowest BCUT2D eigenvalue weighted by Crippen LogP contribution is -2.45. The van der Waals surface area contributed by atoms with E-state index in [0.29, 0.717) is 67.0 Å². The number of aromatic amines is 1. The van der Waals surface area contributed by atoms with E-state index < -0.39 is 36.1 Å². The fourth-order valence-corrected chi connectivity index (χ4v) is 7.58. The number of hydrogen-bond donors (Lipinski definition) is 5. The van der Waals surface area contributed by atoms with Gasteiger partial charge in [-0.15, -0.1) is 0 Å². The van der Waals surface area contributed by atoms with E-state index in [-0.39, 0.29) is 21.9 Å². The summed E-state index contributed by atoms with van der Waals surface area (Å²) < 4.78 is 0. The van der Waals surface area contributed by atoms with E-state index in [1.165, 1.54) is 9.80 Å². The molecule has 0 bridgehead atoms. The highest BCUT2D eigenvalue weighted by molar-refractivity contribution is 6.32. The summed E-state index contributed by atoms with van der Waals surface area (Å²) in [6.45, 7) is 0.714. The quantitative estimate of drug-likeness (QED) is 0.110. The molecule has 2 fully saturated rings. The number of H-pyrrole nitrogens is 1. The van der Waals surface area contributed by atoms with E-state index in [2.05, 4.69) is 20.8 Å². The van der Waals surface area contributed by atoms with Gasteiger partial charge in [0.15, 0.2) is 12.2 Å². The number of nitrogens with one attached hydrogen (secondary N) is 3. The van der Waals surface area contributed by atoms with Crippen LogP contribution in [-0.4, -0.2) is 79.0 Å². The van der Waals surface area contributed by atoms with Gasteiger partial charge in [0.1, 0.15) is 12.1 Å². The molecule has 1 unspecified atom stereocenters. The summed E-state index contributed by atoms with van der Waals surface area (Å²) >= 11 is 12.4. The maximum atomic E-state index is 13.3. The number of amides is 4. The van der Waals surface area contributed by atoms with Gasteiger partial charge in [0.25, 0.3) is 11.8 Å². The Labute approximate surface area is 327 Å². The number of nitrogens with zero attached hydrogens (tertiary/aromatic N) is 3. The Morgan fingerprint density at radius 3 is 1.55 bits per heavy atom. The van der Waals surface area contributed by atoms with Crippen LogP contribution >= 0.6 is 23.2 Å². The minimum absolute atomic E-state index is 0.281. The highest BCUT2D eigenvalue weighted by Gasteiger charge is 2.39. The molecule has 5 aromatic rings. The number of carbonyl (C=O) groups is 4. The van der Waals surface area contributed by atoms with E-state index in [9.17, 15) is 29.4 Å². The zero-order valence-electron chi connectivity index (χ0n) is 29.5. The lowest BCUT2D eigenvalue weighted by molar-refractivity contribution is -0.144. The first-order valence-electron chi connectivity index (χ1n) is 17.9. The number of aliphatic hydroxyl groups is 2. The third-order valence-electron chi connectivity index (χ3n) is 10.0. The molecule has 0 saturated carbocycles. The van der Waals surface area contributed by atoms with Crippen LogP contribution in [0.2, 0.25) is 10.0 Å². The van der Waals surface area contributed by atoms with E-state index in [1.54, 1.807) is 72.8 Å². The molecule has 12 nitrogen and oxygen atoms in total. The lowest BCUT2D eigenvalue weighted by Gasteiger charge is -2.26. The van der Waals surface area contributed by atoms with Crippen molar-refractivity contribution in [3.8, 4) is 22.5 Å². The summed E-state index contributed by atoms with van der Waals surface area (Å²) in [5, 5.41) is 35.3. The van der Waals surface area contributed by atoms with Crippen LogP contribution in [-0.2, 0) is 19.2 Å². The van der Waals surface area contributed by atoms with Crippen molar-refractivity contribution >= 4 is 58.2 Å². The average molecular weight is 782 g/mol. The maximum absolute atomic E-state index is 13.3. The van der Waals surface area contributed by atoms with Gasteiger partial charge in [0, 0.05) is 51.2 Å². The number of aliphatic hydroxyl groups excluding tert-OH is 2. The normalized spacial score (nSPS) is 17.8. The molecule has 4 aromatic carbocycles. The molecular formula is C41H38Cl2N6O6. The van der Waals surface area contributed by atoms with E-state index in [1.807, 2.05) is 30.3 Å². The van der Waals surface area contributed by atoms with Gasteiger partial charge in [0.2, 0.25) is 11.8 Å². The van der Waals surface area contributed by atoms with Crippen molar-refractivity contribution in [2.24, 2.45) is 0 Å². The number of hydrogen-bond acceptors (Lipinski definition) is 7. The number of aromatic nitrogens is 2. The summed E-state index contributed by atoms with van der Waals surface area (Å²) in [5.41, 5.74) is 4.77. The summed E-state index contributed by atoms with van der Waals surface area (Å²) in [7, 11) is 0. The van der Waals surface area contributed by atoms with Crippen molar-refractivity contribution < 1.29 is 29.4 Å². The van der Waals surface area contributed by atoms with Crippen LogP contribution in [0.3, 0.4) is 0 Å². The second-order valence-corrected chi connectivity index (χ2v) is 14.3. The molecule has 2 aliphatic rings. The topological polar surface area (TPSA) is 168 Å². The third kappa shape index (κ3) is 8.13. The van der Waals surface area contributed by atoms with Crippen LogP contribution in [0.5, 0.6) is 0 Å². The summed E-state index contributed by atoms with van der Waals surface area (Å²) in [5.74, 6) is -1.81. The van der Waals surface area contributed by atoms with Gasteiger partial charge in [-0.05, 0) is 73.7 Å². The van der Waals surface area contributed by atoms with Gasteiger partial charge in [-0.3, -0.25) is 24.3 Å². The first kappa shape index (κ1) is 37.8. The Bertz CT molecular complexity index is 2060. The Balaban J connectivity index is 0.941. The van der Waals surface area contributed by atoms with E-state index in [0.717, 1.165) is 16.8 Å². The fraction of sp³-hybridized carbons (Fsp3) is 0.244. The number of benzene rings is 4. The number of halogens is 2. The first-order chi connectivity index (χ1) is 26.6. The molecule has 0 aliphatic carbocycles. The molecule has 4 amide bonds. The average Bonchev–Trinajstić information content (AvgIpc) is 4.00. The van der Waals surface area contributed by atoms with Crippen LogP contribution in [0.25, 0.3) is 22.5 Å². The van der Waals surface area contributed by atoms with Crippen molar-refractivity contribution in [3.05, 3.63) is 124 Å². The molecule has 1 aromatic heterocycles. The molecule has 3 heterocycles. The predicted molar refractivity (Wildman–Crippen MR) is 209 cm³/mol. The Kier molecular flexibility index (Phi) is 11.3. The van der Waals surface area contributed by atoms with E-state index >= 15 is 0 Å². The highest BCUT2D eigenvalue weighted by atomic mass is 35.5. The molecule has 7 rings (SSSR count). The fourth-order valence-electron chi connectivity index (χ4n) is 7.11. The Morgan fingerprint density at radius 1 is 0.655 bits per heavy atom. The minimum atomic E-state index is -1.46. The van der Waals surface area contributed by atoms with Crippen LogP contribution in [0, 0.1) is 0 Å². The smallest absolute Gasteiger partial charge is 0.256 e. The second-order valence-electron chi connectivity index (χ2n) is 13.5. The molecule has 5 N–H and O–H groups in total. The summed E-state index contributed by atoms with van der Waals surface area (Å²) in [6.07, 6.45) is -0.704. The molecule has 4 atom stereocenters. The first-order valence-corrected chi connectivity index (χ1v) is 18.7. The number of rotatable bonds is 10. The highest BCUT2D eigenvalue weighted by Crippen LogP contribution is 2.31. The van der Waals surface area contributed by atoms with Crippen LogP contribution < -0.4 is 10.6 Å². The van der Waals surface area contributed by atoms with Gasteiger partial charge in [-0.1, -0.05) is 83.9 Å². The monoisotopic (exact) mass is 780 g/mol. The summed E-state index contributed by atoms with van der Waals surface area (Å²) in [4.78, 5) is 55.7. The Hall–Kier alpha value is -5.53. The van der Waals surface area contributed by atoms with Crippen molar-refractivity contribution in [2.45, 2.75) is 50.0 Å². The number of anilines is 2. The predicted octanol–water partition coefficient (Wildman–Crippen LogP) is 6.38. The molecule has 0 radical (unpaired) electrons. The van der Waals surface area contributed by atoms with Crippen LogP contribution in [0.15, 0.2) is 103 Å².